The van der Waals surface area contributed by atoms with Gasteiger partial charge in [0, 0.05) is 141 Å². The fourth-order valence-corrected chi connectivity index (χ4v) is 19.2. The third-order valence-electron chi connectivity index (χ3n) is 25.4. The lowest BCUT2D eigenvalue weighted by atomic mass is 9.99. The van der Waals surface area contributed by atoms with Crippen molar-refractivity contribution in [3.05, 3.63) is 369 Å². The van der Waals surface area contributed by atoms with E-state index >= 15 is 70.2 Å². The summed E-state index contributed by atoms with van der Waals surface area (Å²) < 4.78 is 274. The summed E-state index contributed by atoms with van der Waals surface area (Å²) in [5, 5.41) is 0. The second-order valence-electron chi connectivity index (χ2n) is 33.1. The lowest BCUT2D eigenvalue weighted by molar-refractivity contribution is 0.434. The zero-order valence-corrected chi connectivity index (χ0v) is 70.8. The van der Waals surface area contributed by atoms with E-state index in [2.05, 4.69) is 19.9 Å². The van der Waals surface area contributed by atoms with E-state index in [1.54, 1.807) is 72.8 Å². The highest BCUT2D eigenvalue weighted by Crippen LogP contribution is 2.50. The van der Waals surface area contributed by atoms with Gasteiger partial charge in [-0.2, -0.15) is 0 Å². The molecule has 136 heavy (non-hydrogen) atoms. The normalized spacial score (nSPS) is 13.6. The molecule has 2 saturated heterocycles. The van der Waals surface area contributed by atoms with Crippen LogP contribution in [0.5, 0.6) is 0 Å². The number of aromatic amines is 4. The summed E-state index contributed by atoms with van der Waals surface area (Å²) in [6.45, 7) is -6.44. The first-order chi connectivity index (χ1) is 66.1. The van der Waals surface area contributed by atoms with E-state index < -0.39 is 202 Å². The Labute approximate surface area is 762 Å². The summed E-state index contributed by atoms with van der Waals surface area (Å²) in [4.78, 5) is 36.8. The van der Waals surface area contributed by atoms with Crippen LogP contribution in [-0.4, -0.2) is 92.2 Å². The molecular formula is C108H66F16N12. The summed E-state index contributed by atoms with van der Waals surface area (Å²) in [5.41, 5.74) is -0.196. The van der Waals surface area contributed by atoms with Gasteiger partial charge >= 0.3 is 0 Å². The van der Waals surface area contributed by atoms with Crippen LogP contribution < -0.4 is 19.6 Å². The molecule has 6 aliphatic rings. The molecule has 10 aromatic carbocycles. The molecule has 4 N–H and O–H groups in total. The Hall–Kier alpha value is -16.5. The van der Waals surface area contributed by atoms with Gasteiger partial charge in [-0.15, -0.1) is 0 Å². The zero-order valence-electron chi connectivity index (χ0n) is 70.8. The largest absolute Gasteiger partial charge is 0.363 e. The Morgan fingerprint density at radius 1 is 0.154 bits per heavy atom. The van der Waals surface area contributed by atoms with Crippen molar-refractivity contribution in [3.63, 3.8) is 0 Å². The maximum Gasteiger partial charge on any atom is 0.185 e. The molecule has 16 bridgehead atoms. The van der Waals surface area contributed by atoms with Crippen LogP contribution in [0.4, 0.5) is 93.0 Å². The molecule has 0 aliphatic carbocycles. The molecule has 0 spiro atoms. The number of H-pyrrole nitrogens is 4. The molecule has 670 valence electrons. The van der Waals surface area contributed by atoms with Crippen molar-refractivity contribution in [2.24, 2.45) is 0 Å². The maximum absolute atomic E-state index is 17.7. The van der Waals surface area contributed by atoms with Crippen molar-refractivity contribution in [2.45, 2.75) is 0 Å². The van der Waals surface area contributed by atoms with Gasteiger partial charge < -0.3 is 39.5 Å². The van der Waals surface area contributed by atoms with E-state index in [1.165, 1.54) is 24.3 Å². The number of nitrogens with one attached hydrogen (secondary N) is 4. The van der Waals surface area contributed by atoms with E-state index in [9.17, 15) is 0 Å². The molecule has 12 heterocycles. The van der Waals surface area contributed by atoms with Gasteiger partial charge in [-0.25, -0.2) is 90.2 Å². The fraction of sp³-hybridized carbons (Fsp3) is 0.0741. The zero-order chi connectivity index (χ0) is 93.3. The predicted octanol–water partition coefficient (Wildman–Crippen LogP) is 27.5. The molecule has 6 aromatic heterocycles. The predicted molar refractivity (Wildman–Crippen MR) is 501 cm³/mol. The van der Waals surface area contributed by atoms with Gasteiger partial charge in [0.05, 0.1) is 67.8 Å². The Bertz CT molecular complexity index is 7520. The topological polar surface area (TPSA) is 128 Å². The minimum absolute atomic E-state index is 0.0610. The van der Waals surface area contributed by atoms with Gasteiger partial charge in [0.1, 0.15) is 22.7 Å². The van der Waals surface area contributed by atoms with E-state index in [0.717, 1.165) is 32.1 Å². The number of nitrogens with zero attached hydrogens (tertiary/aromatic N) is 8. The highest BCUT2D eigenvalue weighted by Gasteiger charge is 2.42. The SMILES string of the molecule is Fc1c(F)c(N2CCN(c3c(F)c(F)c(-c4c5nc(c(-c6ccccc6)c6ccc([nH]6)c(-c6ccccc6)c6nc(c(-c7ccccc7)c7ccc4[nH]7)C=C6)C=C5)c(F)c3F)CC2)c(F)c(F)c1-c1c(F)c(F)c(N2CCN(c3c(F)c(F)c(-c4c5nc(c(-c6ccccc6)c6ccc([nH]6)c(-c6ccccc6)c6nc(c(-c7ccccc7)c7ccc4[nH]7)C=C6)C=C5)c(F)c3F)CC2)c(F)c1F. The summed E-state index contributed by atoms with van der Waals surface area (Å²) in [7, 11) is 0. The average molecular weight is 1840 g/mol. The molecule has 0 atom stereocenters. The standard InChI is InChI=1S/C108H66F16N12/c109-89-85(83-73-43-39-69(129-73)79(57-23-11-3-12-24-57)65-35-31-61(125-65)77(55-19-7-1-8-20-55)62-32-36-66(126-62)80(58-25-13-4-14-26-58)70-40-44-74(83)130-70)90(110)98(118)105(97(89)117)133-47-51-135(52-48-133)107-101(121)93(113)87(94(114)102(107)122)88-95(115)103(123)108(104(124)96(88)116)136-53-49-134(50-54-136)106-99(119)91(111)86(92(112)100(106)120)84-75-45-41-71(131-75)81(59-27-15-5-16-28-59)67-37-33-63(127-67)78(56-21-9-2-10-22-56)64-34-38-68(128-64)82(60-29-17-6-18-30-60)72-42-46-76(84)132-72/h1-46,125,127,130,132H,47-54H2. The van der Waals surface area contributed by atoms with Crippen LogP contribution in [0.2, 0.25) is 0 Å². The lowest BCUT2D eigenvalue weighted by Gasteiger charge is -2.38. The summed E-state index contributed by atoms with van der Waals surface area (Å²) >= 11 is 0. The number of rotatable bonds is 13. The Morgan fingerprint density at radius 2 is 0.287 bits per heavy atom. The molecule has 6 aliphatic heterocycles. The number of fused-ring (bicyclic) bond motifs is 16. The quantitative estimate of drug-likeness (QED) is 0.0664. The maximum atomic E-state index is 17.7. The molecule has 0 radical (unpaired) electrons. The lowest BCUT2D eigenvalue weighted by Crippen LogP contribution is -2.48. The second-order valence-corrected chi connectivity index (χ2v) is 33.1. The summed E-state index contributed by atoms with van der Waals surface area (Å²) in [5.74, 6) is -35.2. The second kappa shape index (κ2) is 33.9. The van der Waals surface area contributed by atoms with Gasteiger partial charge in [0.15, 0.2) is 93.1 Å². The van der Waals surface area contributed by atoms with Crippen molar-refractivity contribution < 1.29 is 70.2 Å². The van der Waals surface area contributed by atoms with Gasteiger partial charge in [-0.1, -0.05) is 182 Å². The number of piperazine rings is 2. The van der Waals surface area contributed by atoms with Gasteiger partial charge in [0.25, 0.3) is 0 Å². The van der Waals surface area contributed by atoms with Crippen LogP contribution in [0.1, 0.15) is 45.6 Å². The number of aromatic nitrogens is 8. The Morgan fingerprint density at radius 3 is 0.441 bits per heavy atom. The number of hydrogen-bond donors (Lipinski definition) is 4. The van der Waals surface area contributed by atoms with Crippen LogP contribution in [0, 0.1) is 93.1 Å². The Kier molecular flexibility index (Phi) is 21.2. The third kappa shape index (κ3) is 14.2. The number of benzene rings is 10. The van der Waals surface area contributed by atoms with E-state index in [1.807, 2.05) is 182 Å². The number of anilines is 4. The van der Waals surface area contributed by atoms with Gasteiger partial charge in [-0.05, 0) is 131 Å². The number of hydrogen-bond acceptors (Lipinski definition) is 8. The van der Waals surface area contributed by atoms with Crippen LogP contribution in [0.15, 0.2) is 231 Å². The molecule has 12 nitrogen and oxygen atoms in total. The van der Waals surface area contributed by atoms with Crippen molar-refractivity contribution >= 4 is 115 Å². The van der Waals surface area contributed by atoms with Crippen LogP contribution >= 0.6 is 0 Å². The first-order valence-electron chi connectivity index (χ1n) is 43.2. The van der Waals surface area contributed by atoms with Crippen LogP contribution in [0.3, 0.4) is 0 Å². The van der Waals surface area contributed by atoms with Crippen molar-refractivity contribution in [2.75, 3.05) is 72.0 Å². The highest BCUT2D eigenvalue weighted by atomic mass is 19.2. The smallest absolute Gasteiger partial charge is 0.185 e. The average Bonchev–Trinajstić information content (AvgIpc) is 0.909. The molecule has 0 unspecified atom stereocenters. The first kappa shape index (κ1) is 85.0. The summed E-state index contributed by atoms with van der Waals surface area (Å²) in [6.07, 6.45) is 13.4. The van der Waals surface area contributed by atoms with Crippen molar-refractivity contribution in [1.82, 2.24) is 39.9 Å². The van der Waals surface area contributed by atoms with Crippen LogP contribution in [-0.2, 0) is 0 Å². The molecule has 16 aromatic rings. The first-order valence-corrected chi connectivity index (χ1v) is 43.2. The van der Waals surface area contributed by atoms with Gasteiger partial charge in [-0.3, -0.25) is 0 Å². The fourth-order valence-electron chi connectivity index (χ4n) is 19.2. The molecule has 28 heteroatoms. The van der Waals surface area contributed by atoms with Crippen molar-refractivity contribution in [3.8, 4) is 100 Å². The minimum Gasteiger partial charge on any atom is -0.363 e. The molecular weight excluding hydrogens is 1770 g/mol. The molecule has 22 rings (SSSR count). The van der Waals surface area contributed by atoms with E-state index in [-0.39, 0.29) is 33.8 Å². The monoisotopic (exact) mass is 1830 g/mol. The number of halogens is 16. The summed E-state index contributed by atoms with van der Waals surface area (Å²) in [6, 6.07) is 69.3. The molecule has 0 saturated carbocycles. The van der Waals surface area contributed by atoms with Crippen LogP contribution in [0.25, 0.3) is 193 Å². The highest BCUT2D eigenvalue weighted by molar-refractivity contribution is 6.04. The van der Waals surface area contributed by atoms with Gasteiger partial charge in [0.2, 0.25) is 0 Å². The molecule has 2 fully saturated rings. The van der Waals surface area contributed by atoms with E-state index in [4.69, 9.17) is 19.9 Å². The Balaban J connectivity index is 0.564. The molecule has 0 amide bonds. The third-order valence-corrected chi connectivity index (χ3v) is 25.4. The van der Waals surface area contributed by atoms with Crippen molar-refractivity contribution in [1.29, 1.82) is 0 Å². The van der Waals surface area contributed by atoms with E-state index in [0.29, 0.717) is 110 Å². The minimum atomic E-state index is -2.57.